The first-order chi connectivity index (χ1) is 15.7. The first-order valence-corrected chi connectivity index (χ1v) is 12.2. The second-order valence-corrected chi connectivity index (χ2v) is 9.32. The maximum atomic E-state index is 13.1. The number of nitrogens with zero attached hydrogens (tertiary/aromatic N) is 1. The number of carbonyl (C=O) groups is 2. The minimum absolute atomic E-state index is 0.0927. The molecule has 1 heterocycles. The summed E-state index contributed by atoms with van der Waals surface area (Å²) >= 11 is 0. The predicted molar refractivity (Wildman–Crippen MR) is 126 cm³/mol. The third-order valence-electron chi connectivity index (χ3n) is 5.25. The molecule has 10 heteroatoms. The fraction of sp³-hybridized carbons (Fsp3) is 0.348. The smallest absolute Gasteiger partial charge is 0.263 e. The summed E-state index contributed by atoms with van der Waals surface area (Å²) in [6.45, 7) is 6.10. The van der Waals surface area contributed by atoms with Gasteiger partial charge in [0.25, 0.3) is 15.9 Å². The van der Waals surface area contributed by atoms with Crippen LogP contribution in [0.5, 0.6) is 5.75 Å². The Balaban J connectivity index is 1.75. The van der Waals surface area contributed by atoms with Crippen LogP contribution in [0.1, 0.15) is 32.8 Å². The van der Waals surface area contributed by atoms with E-state index in [1.54, 1.807) is 42.5 Å². The number of sulfonamides is 1. The molecule has 0 bridgehead atoms. The summed E-state index contributed by atoms with van der Waals surface area (Å²) in [5.74, 6) is -0.0320. The van der Waals surface area contributed by atoms with Crippen molar-refractivity contribution >= 4 is 33.4 Å². The maximum absolute atomic E-state index is 13.1. The molecule has 0 spiro atoms. The van der Waals surface area contributed by atoms with E-state index < -0.39 is 16.1 Å². The summed E-state index contributed by atoms with van der Waals surface area (Å²) in [4.78, 5) is 29.2. The molecule has 0 aromatic heterocycles. The number of anilines is 1. The lowest BCUT2D eigenvalue weighted by Crippen LogP contribution is -2.34. The number of amides is 2. The molecule has 9 nitrogen and oxygen atoms in total. The quantitative estimate of drug-likeness (QED) is 0.516. The van der Waals surface area contributed by atoms with Crippen LogP contribution < -0.4 is 20.1 Å². The highest BCUT2D eigenvalue weighted by molar-refractivity contribution is 7.90. The SMILES string of the molecule is CCNC(=O)COc1ccc(NC(=O)[C@@H](N=C2NS(=O)(=O)c3ccccc32)[C@@H](C)CC)cc1. The third kappa shape index (κ3) is 5.89. The number of benzene rings is 2. The number of nitrogens with one attached hydrogen (secondary N) is 3. The van der Waals surface area contributed by atoms with Gasteiger partial charge in [0.1, 0.15) is 17.6 Å². The van der Waals surface area contributed by atoms with Crippen LogP contribution >= 0.6 is 0 Å². The molecule has 0 saturated heterocycles. The first kappa shape index (κ1) is 24.2. The first-order valence-electron chi connectivity index (χ1n) is 10.8. The average Bonchev–Trinajstić information content (AvgIpc) is 3.06. The lowest BCUT2D eigenvalue weighted by molar-refractivity contribution is -0.123. The van der Waals surface area contributed by atoms with Crippen LogP contribution in [0.25, 0.3) is 0 Å². The molecule has 0 fully saturated rings. The van der Waals surface area contributed by atoms with Gasteiger partial charge >= 0.3 is 0 Å². The van der Waals surface area contributed by atoms with E-state index in [9.17, 15) is 18.0 Å². The molecule has 3 N–H and O–H groups in total. The highest BCUT2D eigenvalue weighted by Crippen LogP contribution is 2.24. The number of amidine groups is 1. The van der Waals surface area contributed by atoms with Crippen molar-refractivity contribution in [3.63, 3.8) is 0 Å². The Morgan fingerprint density at radius 3 is 2.45 bits per heavy atom. The normalized spacial score (nSPS) is 16.9. The molecular formula is C23H28N4O5S. The Labute approximate surface area is 193 Å². The Bertz CT molecular complexity index is 1150. The van der Waals surface area contributed by atoms with Crippen molar-refractivity contribution in [2.75, 3.05) is 18.5 Å². The van der Waals surface area contributed by atoms with E-state index in [0.717, 1.165) is 0 Å². The molecule has 1 aliphatic rings. The van der Waals surface area contributed by atoms with Crippen molar-refractivity contribution < 1.29 is 22.7 Å². The van der Waals surface area contributed by atoms with E-state index in [2.05, 4.69) is 20.3 Å². The van der Waals surface area contributed by atoms with Crippen LogP contribution in [0.4, 0.5) is 5.69 Å². The highest BCUT2D eigenvalue weighted by Gasteiger charge is 2.33. The minimum Gasteiger partial charge on any atom is -0.484 e. The van der Waals surface area contributed by atoms with Gasteiger partial charge in [0.2, 0.25) is 5.91 Å². The number of ether oxygens (including phenoxy) is 1. The third-order valence-corrected chi connectivity index (χ3v) is 6.65. The molecule has 2 atom stereocenters. The van der Waals surface area contributed by atoms with Crippen LogP contribution in [0.3, 0.4) is 0 Å². The van der Waals surface area contributed by atoms with Gasteiger partial charge in [-0.1, -0.05) is 32.4 Å². The van der Waals surface area contributed by atoms with Crippen molar-refractivity contribution in [2.45, 2.75) is 38.1 Å². The van der Waals surface area contributed by atoms with Crippen LogP contribution in [0, 0.1) is 5.92 Å². The molecule has 33 heavy (non-hydrogen) atoms. The summed E-state index contributed by atoms with van der Waals surface area (Å²) < 4.78 is 32.6. The molecule has 0 aliphatic carbocycles. The number of fused-ring (bicyclic) bond motifs is 1. The minimum atomic E-state index is -3.69. The van der Waals surface area contributed by atoms with E-state index in [-0.39, 0.29) is 35.1 Å². The number of hydrogen-bond acceptors (Lipinski definition) is 6. The lowest BCUT2D eigenvalue weighted by atomic mass is 9.98. The van der Waals surface area contributed by atoms with Crippen molar-refractivity contribution in [3.05, 3.63) is 54.1 Å². The molecule has 0 saturated carbocycles. The molecule has 2 aromatic rings. The molecule has 3 rings (SSSR count). The van der Waals surface area contributed by atoms with Crippen molar-refractivity contribution in [1.29, 1.82) is 0 Å². The van der Waals surface area contributed by atoms with Gasteiger partial charge in [-0.3, -0.25) is 19.3 Å². The van der Waals surface area contributed by atoms with Crippen molar-refractivity contribution in [2.24, 2.45) is 10.9 Å². The number of carbonyl (C=O) groups excluding carboxylic acids is 2. The fourth-order valence-electron chi connectivity index (χ4n) is 3.28. The van der Waals surface area contributed by atoms with Crippen LogP contribution in [0.15, 0.2) is 58.4 Å². The van der Waals surface area contributed by atoms with Crippen LogP contribution in [-0.2, 0) is 19.6 Å². The average molecular weight is 473 g/mol. The van der Waals surface area contributed by atoms with Crippen molar-refractivity contribution in [1.82, 2.24) is 10.0 Å². The number of aliphatic imine (C=N–C) groups is 1. The second kappa shape index (κ2) is 10.5. The van der Waals surface area contributed by atoms with Gasteiger partial charge in [0.05, 0.1) is 4.90 Å². The lowest BCUT2D eigenvalue weighted by Gasteiger charge is -2.19. The van der Waals surface area contributed by atoms with Crippen molar-refractivity contribution in [3.8, 4) is 5.75 Å². The summed E-state index contributed by atoms with van der Waals surface area (Å²) in [6.07, 6.45) is 0.676. The fourth-order valence-corrected chi connectivity index (χ4v) is 4.52. The van der Waals surface area contributed by atoms with E-state index in [1.807, 2.05) is 20.8 Å². The standard InChI is InChI=1S/C23H28N4O5S/c1-4-15(3)21(26-22-18-8-6-7-9-19(18)33(30,31)27-22)23(29)25-16-10-12-17(13-11-16)32-14-20(28)24-5-2/h6-13,15,21H,4-5,14H2,1-3H3,(H,24,28)(H,25,29)(H,26,27)/t15-,21-/m0/s1. The molecule has 0 radical (unpaired) electrons. The molecule has 176 valence electrons. The molecule has 2 aromatic carbocycles. The van der Waals surface area contributed by atoms with Gasteiger partial charge < -0.3 is 15.4 Å². The zero-order valence-electron chi connectivity index (χ0n) is 18.8. The van der Waals surface area contributed by atoms with E-state index in [1.165, 1.54) is 6.07 Å². The molecule has 2 amide bonds. The van der Waals surface area contributed by atoms with E-state index in [4.69, 9.17) is 4.74 Å². The Morgan fingerprint density at radius 2 is 1.79 bits per heavy atom. The largest absolute Gasteiger partial charge is 0.484 e. The summed E-state index contributed by atoms with van der Waals surface area (Å²) in [7, 11) is -3.69. The van der Waals surface area contributed by atoms with E-state index in [0.29, 0.717) is 30.0 Å². The topological polar surface area (TPSA) is 126 Å². The number of rotatable bonds is 9. The number of likely N-dealkylation sites (N-methyl/N-ethyl adjacent to an activating group) is 1. The zero-order chi connectivity index (χ0) is 24.0. The molecule has 1 aliphatic heterocycles. The van der Waals surface area contributed by atoms with Gasteiger partial charge in [-0.25, -0.2) is 8.42 Å². The molecule has 0 unspecified atom stereocenters. The summed E-state index contributed by atoms with van der Waals surface area (Å²) in [5, 5.41) is 5.48. The van der Waals surface area contributed by atoms with Gasteiger partial charge in [0.15, 0.2) is 6.61 Å². The monoisotopic (exact) mass is 472 g/mol. The highest BCUT2D eigenvalue weighted by atomic mass is 32.2. The second-order valence-electron chi connectivity index (χ2n) is 7.67. The predicted octanol–water partition coefficient (Wildman–Crippen LogP) is 2.29. The number of hydrogen-bond donors (Lipinski definition) is 3. The zero-order valence-corrected chi connectivity index (χ0v) is 19.6. The summed E-state index contributed by atoms with van der Waals surface area (Å²) in [6, 6.07) is 12.4. The molecular weight excluding hydrogens is 444 g/mol. The van der Waals surface area contributed by atoms with Crippen LogP contribution in [-0.4, -0.2) is 45.3 Å². The van der Waals surface area contributed by atoms with Gasteiger partial charge in [-0.2, -0.15) is 0 Å². The Morgan fingerprint density at radius 1 is 1.09 bits per heavy atom. The summed E-state index contributed by atoms with van der Waals surface area (Å²) in [5.41, 5.74) is 0.985. The van der Waals surface area contributed by atoms with Gasteiger partial charge in [0, 0.05) is 17.8 Å². The Hall–Kier alpha value is -3.40. The maximum Gasteiger partial charge on any atom is 0.263 e. The van der Waals surface area contributed by atoms with Crippen LogP contribution in [0.2, 0.25) is 0 Å². The van der Waals surface area contributed by atoms with Gasteiger partial charge in [-0.15, -0.1) is 0 Å². The van der Waals surface area contributed by atoms with Gasteiger partial charge in [-0.05, 0) is 49.2 Å². The Kier molecular flexibility index (Phi) is 7.70. The van der Waals surface area contributed by atoms with E-state index >= 15 is 0 Å².